The molecule has 2 aliphatic rings. The first-order valence-corrected chi connectivity index (χ1v) is 13.0. The van der Waals surface area contributed by atoms with Crippen LogP contribution < -0.4 is 29.6 Å². The molecule has 3 aromatic rings. The highest BCUT2D eigenvalue weighted by Crippen LogP contribution is 2.37. The van der Waals surface area contributed by atoms with E-state index in [-0.39, 0.29) is 24.8 Å². The minimum atomic E-state index is -4.57. The summed E-state index contributed by atoms with van der Waals surface area (Å²) in [5.74, 6) is 2.28. The van der Waals surface area contributed by atoms with E-state index in [1.54, 1.807) is 18.2 Å². The van der Waals surface area contributed by atoms with Crippen molar-refractivity contribution in [1.82, 2.24) is 10.6 Å². The summed E-state index contributed by atoms with van der Waals surface area (Å²) in [5.41, 5.74) is 1.53. The third kappa shape index (κ3) is 6.46. The van der Waals surface area contributed by atoms with Gasteiger partial charge in [-0.3, -0.25) is 4.79 Å². The first-order chi connectivity index (χ1) is 19.3. The van der Waals surface area contributed by atoms with Crippen LogP contribution in [0.25, 0.3) is 5.57 Å². The van der Waals surface area contributed by atoms with E-state index in [0.717, 1.165) is 17.2 Å². The monoisotopic (exact) mass is 574 g/mol. The van der Waals surface area contributed by atoms with Gasteiger partial charge < -0.3 is 29.6 Å². The molecule has 0 atom stereocenters. The average Bonchev–Trinajstić information content (AvgIpc) is 3.42. The van der Waals surface area contributed by atoms with Crippen molar-refractivity contribution in [2.24, 2.45) is 0 Å². The van der Waals surface area contributed by atoms with Crippen LogP contribution in [0.4, 0.5) is 13.2 Å². The van der Waals surface area contributed by atoms with E-state index in [0.29, 0.717) is 61.3 Å². The number of hydrogen-bond acceptors (Lipinski definition) is 6. The lowest BCUT2D eigenvalue weighted by Gasteiger charge is -2.22. The highest BCUT2D eigenvalue weighted by Gasteiger charge is 2.34. The van der Waals surface area contributed by atoms with Crippen LogP contribution in [0.15, 0.2) is 66.2 Å². The van der Waals surface area contributed by atoms with Gasteiger partial charge >= 0.3 is 6.18 Å². The van der Waals surface area contributed by atoms with E-state index >= 15 is 0 Å². The second-order valence-corrected chi connectivity index (χ2v) is 9.46. The van der Waals surface area contributed by atoms with Crippen LogP contribution in [0.2, 0.25) is 5.02 Å². The lowest BCUT2D eigenvalue weighted by atomic mass is 9.93. The van der Waals surface area contributed by atoms with Crippen LogP contribution in [-0.4, -0.2) is 39.0 Å². The average molecular weight is 575 g/mol. The van der Waals surface area contributed by atoms with Gasteiger partial charge in [0, 0.05) is 24.7 Å². The van der Waals surface area contributed by atoms with E-state index in [1.165, 1.54) is 12.1 Å². The summed E-state index contributed by atoms with van der Waals surface area (Å²) in [6.07, 6.45) is -3.95. The molecule has 2 N–H and O–H groups in total. The molecule has 11 heteroatoms. The van der Waals surface area contributed by atoms with E-state index < -0.39 is 16.8 Å². The van der Waals surface area contributed by atoms with Crippen LogP contribution in [0.5, 0.6) is 23.0 Å². The molecule has 0 aromatic heterocycles. The number of fused-ring (bicyclic) bond motifs is 1. The number of benzene rings is 3. The summed E-state index contributed by atoms with van der Waals surface area (Å²) in [5, 5.41) is 5.49. The SMILES string of the molecule is O=C(NCc1cccc(C(F)(F)F)c1Cl)C1=C(c2ccc(OCCOc3ccc4c(c3)OCO4)cc2)CCNC1. The molecule has 0 saturated carbocycles. The Morgan fingerprint density at radius 2 is 1.70 bits per heavy atom. The lowest BCUT2D eigenvalue weighted by molar-refractivity contribution is -0.137. The Morgan fingerprint density at radius 3 is 2.48 bits per heavy atom. The third-order valence-electron chi connectivity index (χ3n) is 6.48. The van der Waals surface area contributed by atoms with Crippen LogP contribution in [0, 0.1) is 0 Å². The fourth-order valence-corrected chi connectivity index (χ4v) is 4.78. The van der Waals surface area contributed by atoms with Crippen molar-refractivity contribution in [1.29, 1.82) is 0 Å². The minimum Gasteiger partial charge on any atom is -0.490 e. The number of amides is 1. The molecule has 210 valence electrons. The van der Waals surface area contributed by atoms with Gasteiger partial charge in [-0.05, 0) is 60.0 Å². The van der Waals surface area contributed by atoms with Crippen molar-refractivity contribution in [2.75, 3.05) is 33.1 Å². The van der Waals surface area contributed by atoms with Crippen molar-refractivity contribution in [2.45, 2.75) is 19.1 Å². The molecule has 0 unspecified atom stereocenters. The Morgan fingerprint density at radius 1 is 0.975 bits per heavy atom. The zero-order chi connectivity index (χ0) is 28.1. The maximum atomic E-state index is 13.2. The smallest absolute Gasteiger partial charge is 0.417 e. The Balaban J connectivity index is 1.18. The van der Waals surface area contributed by atoms with Gasteiger partial charge in [-0.25, -0.2) is 0 Å². The van der Waals surface area contributed by atoms with Crippen molar-refractivity contribution < 1.29 is 36.9 Å². The van der Waals surface area contributed by atoms with Crippen molar-refractivity contribution in [3.05, 3.63) is 87.9 Å². The summed E-state index contributed by atoms with van der Waals surface area (Å²) in [4.78, 5) is 13.0. The van der Waals surface area contributed by atoms with Crippen molar-refractivity contribution >= 4 is 23.1 Å². The van der Waals surface area contributed by atoms with Gasteiger partial charge in [-0.1, -0.05) is 35.9 Å². The Hall–Kier alpha value is -3.89. The van der Waals surface area contributed by atoms with Crippen molar-refractivity contribution in [3.8, 4) is 23.0 Å². The number of hydrogen-bond donors (Lipinski definition) is 2. The zero-order valence-corrected chi connectivity index (χ0v) is 22.0. The predicted octanol–water partition coefficient (Wildman–Crippen LogP) is 5.61. The molecule has 0 bridgehead atoms. The first kappa shape index (κ1) is 27.7. The third-order valence-corrected chi connectivity index (χ3v) is 6.93. The van der Waals surface area contributed by atoms with E-state index in [4.69, 9.17) is 30.5 Å². The highest BCUT2D eigenvalue weighted by atomic mass is 35.5. The van der Waals surface area contributed by atoms with Gasteiger partial charge in [-0.15, -0.1) is 0 Å². The quantitative estimate of drug-likeness (QED) is 0.324. The molecule has 0 saturated heterocycles. The molecule has 7 nitrogen and oxygen atoms in total. The van der Waals surface area contributed by atoms with Gasteiger partial charge in [0.25, 0.3) is 0 Å². The van der Waals surface area contributed by atoms with E-state index in [1.807, 2.05) is 24.3 Å². The highest BCUT2D eigenvalue weighted by molar-refractivity contribution is 6.32. The summed E-state index contributed by atoms with van der Waals surface area (Å²) in [6, 6.07) is 16.4. The molecule has 5 rings (SSSR count). The van der Waals surface area contributed by atoms with Gasteiger partial charge in [-0.2, -0.15) is 13.2 Å². The van der Waals surface area contributed by atoms with Crippen LogP contribution in [0.1, 0.15) is 23.1 Å². The molecule has 0 spiro atoms. The number of nitrogens with one attached hydrogen (secondary N) is 2. The number of carbonyl (C=O) groups is 1. The van der Waals surface area contributed by atoms with Crippen LogP contribution >= 0.6 is 11.6 Å². The second kappa shape index (κ2) is 12.1. The standard InChI is InChI=1S/C29H26ClF3N2O5/c30-27-19(2-1-3-24(27)29(31,32)33)15-35-28(36)23-16-34-11-10-22(23)18-4-6-20(7-5-18)37-12-13-38-21-8-9-25-26(14-21)40-17-39-25/h1-9,14,34H,10-13,15-17H2,(H,35,36). The predicted molar refractivity (Wildman–Crippen MR) is 143 cm³/mol. The molecule has 2 heterocycles. The molecule has 0 fully saturated rings. The van der Waals surface area contributed by atoms with Gasteiger partial charge in [0.15, 0.2) is 11.5 Å². The Kier molecular flexibility index (Phi) is 8.37. The molecular formula is C29H26ClF3N2O5. The first-order valence-electron chi connectivity index (χ1n) is 12.6. The summed E-state index contributed by atoms with van der Waals surface area (Å²) >= 11 is 5.97. The normalized spacial score (nSPS) is 14.7. The fraction of sp³-hybridized carbons (Fsp3) is 0.276. The maximum Gasteiger partial charge on any atom is 0.417 e. The topological polar surface area (TPSA) is 78.1 Å². The number of carbonyl (C=O) groups excluding carboxylic acids is 1. The number of halogens is 4. The lowest BCUT2D eigenvalue weighted by Crippen LogP contribution is -2.34. The molecular weight excluding hydrogens is 549 g/mol. The molecule has 3 aromatic carbocycles. The van der Waals surface area contributed by atoms with Gasteiger partial charge in [0.1, 0.15) is 24.7 Å². The van der Waals surface area contributed by atoms with E-state index in [2.05, 4.69) is 10.6 Å². The summed E-state index contributed by atoms with van der Waals surface area (Å²) in [6.45, 7) is 1.77. The Labute approximate surface area is 233 Å². The van der Waals surface area contributed by atoms with Crippen LogP contribution in [-0.2, 0) is 17.5 Å². The zero-order valence-electron chi connectivity index (χ0n) is 21.3. The minimum absolute atomic E-state index is 0.126. The number of alkyl halides is 3. The largest absolute Gasteiger partial charge is 0.490 e. The van der Waals surface area contributed by atoms with Crippen LogP contribution in [0.3, 0.4) is 0 Å². The Bertz CT molecular complexity index is 1410. The molecule has 2 aliphatic heterocycles. The maximum absolute atomic E-state index is 13.2. The molecule has 0 radical (unpaired) electrons. The summed E-state index contributed by atoms with van der Waals surface area (Å²) < 4.78 is 61.7. The molecule has 0 aliphatic carbocycles. The fourth-order valence-electron chi connectivity index (χ4n) is 4.48. The number of rotatable bonds is 9. The van der Waals surface area contributed by atoms with Gasteiger partial charge in [0.05, 0.1) is 10.6 Å². The van der Waals surface area contributed by atoms with Crippen molar-refractivity contribution in [3.63, 3.8) is 0 Å². The number of ether oxygens (including phenoxy) is 4. The molecule has 1 amide bonds. The van der Waals surface area contributed by atoms with Gasteiger partial charge in [0.2, 0.25) is 12.7 Å². The second-order valence-electron chi connectivity index (χ2n) is 9.08. The van der Waals surface area contributed by atoms with E-state index in [9.17, 15) is 18.0 Å². The summed E-state index contributed by atoms with van der Waals surface area (Å²) in [7, 11) is 0. The molecule has 40 heavy (non-hydrogen) atoms.